The fourth-order valence-electron chi connectivity index (χ4n) is 3.66. The van der Waals surface area contributed by atoms with Crippen LogP contribution in [0.1, 0.15) is 16.7 Å². The average Bonchev–Trinajstić information content (AvgIpc) is 2.99. The highest BCUT2D eigenvalue weighted by Crippen LogP contribution is 2.45. The predicted octanol–water partition coefficient (Wildman–Crippen LogP) is 4.64. The number of amides is 1. The second kappa shape index (κ2) is 7.24. The van der Waals surface area contributed by atoms with E-state index in [0.29, 0.717) is 11.3 Å². The van der Waals surface area contributed by atoms with Crippen molar-refractivity contribution in [3.8, 4) is 11.5 Å². The number of methoxy groups -OCH3 is 2. The van der Waals surface area contributed by atoms with Gasteiger partial charge >= 0.3 is 0 Å². The Balaban J connectivity index is 2.10. The SMILES string of the molecule is COc1ccc2c(c1)/C(=C(\c1ccccc1)c1ccccc1OC)C(=O)N2C. The number of carbonyl (C=O) groups excluding carboxylic acids is 1. The van der Waals surface area contributed by atoms with Gasteiger partial charge in [0.05, 0.1) is 25.5 Å². The number of anilines is 1. The van der Waals surface area contributed by atoms with Crippen molar-refractivity contribution in [2.75, 3.05) is 26.2 Å². The van der Waals surface area contributed by atoms with E-state index in [-0.39, 0.29) is 5.91 Å². The van der Waals surface area contributed by atoms with E-state index in [0.717, 1.165) is 33.7 Å². The normalized spacial score (nSPS) is 14.7. The van der Waals surface area contributed by atoms with Crippen LogP contribution in [0.3, 0.4) is 0 Å². The zero-order valence-electron chi connectivity index (χ0n) is 16.1. The molecule has 0 atom stereocenters. The summed E-state index contributed by atoms with van der Waals surface area (Å²) >= 11 is 0. The van der Waals surface area contributed by atoms with Gasteiger partial charge in [-0.15, -0.1) is 0 Å². The molecule has 0 saturated carbocycles. The smallest absolute Gasteiger partial charge is 0.259 e. The van der Waals surface area contributed by atoms with Crippen LogP contribution in [0.2, 0.25) is 0 Å². The zero-order chi connectivity index (χ0) is 19.7. The summed E-state index contributed by atoms with van der Waals surface area (Å²) in [6.45, 7) is 0. The second-order valence-corrected chi connectivity index (χ2v) is 6.56. The first-order valence-corrected chi connectivity index (χ1v) is 9.05. The lowest BCUT2D eigenvalue weighted by Crippen LogP contribution is -2.21. The highest BCUT2D eigenvalue weighted by molar-refractivity contribution is 6.39. The summed E-state index contributed by atoms with van der Waals surface area (Å²) in [6.07, 6.45) is 0. The fourth-order valence-corrected chi connectivity index (χ4v) is 3.66. The first-order valence-electron chi connectivity index (χ1n) is 9.05. The molecule has 0 fully saturated rings. The molecule has 3 aromatic carbocycles. The van der Waals surface area contributed by atoms with Crippen LogP contribution in [0.25, 0.3) is 11.1 Å². The molecule has 3 aromatic rings. The number of carbonyl (C=O) groups is 1. The van der Waals surface area contributed by atoms with E-state index in [1.807, 2.05) is 72.8 Å². The summed E-state index contributed by atoms with van der Waals surface area (Å²) in [5.41, 5.74) is 5.05. The Hall–Kier alpha value is -3.53. The summed E-state index contributed by atoms with van der Waals surface area (Å²) in [6, 6.07) is 23.4. The summed E-state index contributed by atoms with van der Waals surface area (Å²) in [7, 11) is 5.07. The molecule has 4 rings (SSSR count). The second-order valence-electron chi connectivity index (χ2n) is 6.56. The van der Waals surface area contributed by atoms with Crippen molar-refractivity contribution in [3.63, 3.8) is 0 Å². The van der Waals surface area contributed by atoms with Crippen LogP contribution < -0.4 is 14.4 Å². The van der Waals surface area contributed by atoms with Gasteiger partial charge in [0.1, 0.15) is 11.5 Å². The van der Waals surface area contributed by atoms with E-state index in [2.05, 4.69) is 0 Å². The molecular formula is C24H21NO3. The summed E-state index contributed by atoms with van der Waals surface area (Å²) in [4.78, 5) is 15.0. The molecule has 28 heavy (non-hydrogen) atoms. The van der Waals surface area contributed by atoms with Crippen molar-refractivity contribution >= 4 is 22.7 Å². The van der Waals surface area contributed by atoms with Gasteiger partial charge in [-0.25, -0.2) is 0 Å². The highest BCUT2D eigenvalue weighted by atomic mass is 16.5. The van der Waals surface area contributed by atoms with Gasteiger partial charge in [-0.2, -0.15) is 0 Å². The molecule has 0 unspecified atom stereocenters. The maximum atomic E-state index is 13.3. The largest absolute Gasteiger partial charge is 0.497 e. The molecule has 0 bridgehead atoms. The van der Waals surface area contributed by atoms with Crippen LogP contribution in [0.15, 0.2) is 72.8 Å². The minimum Gasteiger partial charge on any atom is -0.497 e. The van der Waals surface area contributed by atoms with Gasteiger partial charge in [0.15, 0.2) is 0 Å². The molecule has 0 saturated heterocycles. The third-order valence-electron chi connectivity index (χ3n) is 5.04. The number of likely N-dealkylation sites (N-methyl/N-ethyl adjacent to an activating group) is 1. The van der Waals surface area contributed by atoms with Crippen molar-refractivity contribution < 1.29 is 14.3 Å². The third kappa shape index (κ3) is 2.83. The van der Waals surface area contributed by atoms with Crippen LogP contribution in [-0.4, -0.2) is 27.2 Å². The molecule has 0 spiro atoms. The van der Waals surface area contributed by atoms with Gasteiger partial charge in [0, 0.05) is 23.7 Å². The van der Waals surface area contributed by atoms with Crippen LogP contribution >= 0.6 is 0 Å². The van der Waals surface area contributed by atoms with Gasteiger partial charge in [0.25, 0.3) is 5.91 Å². The lowest BCUT2D eigenvalue weighted by Gasteiger charge is -2.16. The number of rotatable bonds is 4. The number of benzene rings is 3. The fraction of sp³-hybridized carbons (Fsp3) is 0.125. The van der Waals surface area contributed by atoms with E-state index < -0.39 is 0 Å². The number of ether oxygens (including phenoxy) is 2. The highest BCUT2D eigenvalue weighted by Gasteiger charge is 2.34. The van der Waals surface area contributed by atoms with Crippen molar-refractivity contribution in [1.82, 2.24) is 0 Å². The van der Waals surface area contributed by atoms with E-state index in [9.17, 15) is 4.79 Å². The quantitative estimate of drug-likeness (QED) is 0.627. The minimum absolute atomic E-state index is 0.0481. The van der Waals surface area contributed by atoms with Gasteiger partial charge in [-0.1, -0.05) is 48.5 Å². The van der Waals surface area contributed by atoms with Gasteiger partial charge in [0.2, 0.25) is 0 Å². The van der Waals surface area contributed by atoms with Crippen LogP contribution in [-0.2, 0) is 4.79 Å². The molecule has 4 heteroatoms. The predicted molar refractivity (Wildman–Crippen MR) is 112 cm³/mol. The molecular weight excluding hydrogens is 350 g/mol. The monoisotopic (exact) mass is 371 g/mol. The Labute approximate surface area is 164 Å². The zero-order valence-corrected chi connectivity index (χ0v) is 16.1. The van der Waals surface area contributed by atoms with E-state index in [1.54, 1.807) is 26.2 Å². The first kappa shape index (κ1) is 17.9. The molecule has 1 aliphatic rings. The maximum Gasteiger partial charge on any atom is 0.259 e. The molecule has 140 valence electrons. The standard InChI is InChI=1S/C24H21NO3/c1-25-20-14-13-17(27-2)15-19(20)23(24(25)26)22(16-9-5-4-6-10-16)18-11-7-8-12-21(18)28-3/h4-15H,1-3H3/b23-22-. The van der Waals surface area contributed by atoms with Gasteiger partial charge < -0.3 is 14.4 Å². The molecule has 0 radical (unpaired) electrons. The van der Waals surface area contributed by atoms with E-state index >= 15 is 0 Å². The average molecular weight is 371 g/mol. The van der Waals surface area contributed by atoms with E-state index in [4.69, 9.17) is 9.47 Å². The number of para-hydroxylation sites is 1. The third-order valence-corrected chi connectivity index (χ3v) is 5.04. The van der Waals surface area contributed by atoms with Crippen molar-refractivity contribution in [2.45, 2.75) is 0 Å². The van der Waals surface area contributed by atoms with Gasteiger partial charge in [-0.3, -0.25) is 4.79 Å². The molecule has 4 nitrogen and oxygen atoms in total. The molecule has 1 heterocycles. The van der Waals surface area contributed by atoms with E-state index in [1.165, 1.54) is 0 Å². The van der Waals surface area contributed by atoms with Crippen LogP contribution in [0.4, 0.5) is 5.69 Å². The Morgan fingerprint density at radius 1 is 0.857 bits per heavy atom. The topological polar surface area (TPSA) is 38.8 Å². The molecule has 1 amide bonds. The number of fused-ring (bicyclic) bond motifs is 1. The summed E-state index contributed by atoms with van der Waals surface area (Å²) in [5.74, 6) is 1.39. The lowest BCUT2D eigenvalue weighted by atomic mass is 9.89. The summed E-state index contributed by atoms with van der Waals surface area (Å²) < 4.78 is 11.0. The molecule has 1 aliphatic heterocycles. The van der Waals surface area contributed by atoms with Crippen molar-refractivity contribution in [2.24, 2.45) is 0 Å². The van der Waals surface area contributed by atoms with Crippen molar-refractivity contribution in [1.29, 1.82) is 0 Å². The van der Waals surface area contributed by atoms with Crippen LogP contribution in [0, 0.1) is 0 Å². The Kier molecular flexibility index (Phi) is 4.62. The molecule has 0 aromatic heterocycles. The molecule has 0 aliphatic carbocycles. The lowest BCUT2D eigenvalue weighted by molar-refractivity contribution is -0.112. The number of nitrogens with zero attached hydrogens (tertiary/aromatic N) is 1. The maximum absolute atomic E-state index is 13.3. The van der Waals surface area contributed by atoms with Crippen LogP contribution in [0.5, 0.6) is 11.5 Å². The van der Waals surface area contributed by atoms with Gasteiger partial charge in [-0.05, 0) is 29.8 Å². The summed E-state index contributed by atoms with van der Waals surface area (Å²) in [5, 5.41) is 0. The first-order chi connectivity index (χ1) is 13.7. The Bertz CT molecular complexity index is 1070. The Morgan fingerprint density at radius 3 is 2.29 bits per heavy atom. The van der Waals surface area contributed by atoms with Crippen molar-refractivity contribution in [3.05, 3.63) is 89.5 Å². The number of hydrogen-bond donors (Lipinski definition) is 0. The Morgan fingerprint density at radius 2 is 1.57 bits per heavy atom. The molecule has 0 N–H and O–H groups in total. The number of hydrogen-bond acceptors (Lipinski definition) is 3. The minimum atomic E-state index is -0.0481.